The Balaban J connectivity index is 2.54. The van der Waals surface area contributed by atoms with E-state index in [9.17, 15) is 4.79 Å². The van der Waals surface area contributed by atoms with Crippen LogP contribution in [0.5, 0.6) is 0 Å². The predicted molar refractivity (Wildman–Crippen MR) is 61.8 cm³/mol. The van der Waals surface area contributed by atoms with E-state index in [0.717, 1.165) is 19.3 Å². The van der Waals surface area contributed by atoms with Gasteiger partial charge < -0.3 is 5.11 Å². The van der Waals surface area contributed by atoms with E-state index in [-0.39, 0.29) is 0 Å². The summed E-state index contributed by atoms with van der Waals surface area (Å²) >= 11 is 0. The maximum atomic E-state index is 10.9. The van der Waals surface area contributed by atoms with Crippen LogP contribution >= 0.6 is 0 Å². The van der Waals surface area contributed by atoms with Crippen molar-refractivity contribution in [3.05, 3.63) is 23.8 Å². The molecule has 84 valence electrons. The number of rotatable bonds is 1. The first-order valence-electron chi connectivity index (χ1n) is 5.89. The Morgan fingerprint density at radius 2 is 1.73 bits per heavy atom. The van der Waals surface area contributed by atoms with Crippen LogP contribution in [-0.4, -0.2) is 11.1 Å². The summed E-state index contributed by atoms with van der Waals surface area (Å²) in [6.07, 6.45) is 14.7. The molecule has 2 nitrogen and oxygen atoms in total. The second-order valence-corrected chi connectivity index (χ2v) is 4.09. The smallest absolute Gasteiger partial charge is 0.331 e. The summed E-state index contributed by atoms with van der Waals surface area (Å²) in [5.74, 6) is -0.767. The fourth-order valence-electron chi connectivity index (χ4n) is 1.83. The van der Waals surface area contributed by atoms with Crippen LogP contribution in [0.4, 0.5) is 0 Å². The van der Waals surface area contributed by atoms with Gasteiger partial charge >= 0.3 is 5.97 Å². The zero-order chi connectivity index (χ0) is 10.9. The molecule has 0 fully saturated rings. The van der Waals surface area contributed by atoms with E-state index in [0.29, 0.717) is 12.0 Å². The van der Waals surface area contributed by atoms with Crippen molar-refractivity contribution in [2.45, 2.75) is 51.4 Å². The topological polar surface area (TPSA) is 37.3 Å². The third-order valence-corrected chi connectivity index (χ3v) is 2.78. The molecule has 0 atom stereocenters. The Kier molecular flexibility index (Phi) is 5.83. The summed E-state index contributed by atoms with van der Waals surface area (Å²) in [6, 6.07) is 0. The highest BCUT2D eigenvalue weighted by atomic mass is 16.4. The van der Waals surface area contributed by atoms with Crippen molar-refractivity contribution in [3.8, 4) is 0 Å². The molecule has 1 rings (SSSR count). The molecule has 0 aromatic carbocycles. The molecule has 0 unspecified atom stereocenters. The first-order valence-corrected chi connectivity index (χ1v) is 5.89. The van der Waals surface area contributed by atoms with Crippen LogP contribution in [0.3, 0.4) is 0 Å². The molecular formula is C13H20O2. The minimum Gasteiger partial charge on any atom is -0.478 e. The zero-order valence-corrected chi connectivity index (χ0v) is 9.24. The molecule has 0 aliphatic heterocycles. The fraction of sp³-hybridized carbons (Fsp3) is 0.615. The number of allylic oxidation sites excluding steroid dienone is 3. The minimum absolute atomic E-state index is 0.548. The zero-order valence-electron chi connectivity index (χ0n) is 9.24. The van der Waals surface area contributed by atoms with E-state index in [1.54, 1.807) is 6.08 Å². The largest absolute Gasteiger partial charge is 0.478 e. The van der Waals surface area contributed by atoms with Crippen LogP contribution < -0.4 is 0 Å². The van der Waals surface area contributed by atoms with Crippen molar-refractivity contribution < 1.29 is 9.90 Å². The first kappa shape index (κ1) is 12.0. The summed E-state index contributed by atoms with van der Waals surface area (Å²) in [5.41, 5.74) is 0.548. The van der Waals surface area contributed by atoms with Crippen LogP contribution in [0, 0.1) is 0 Å². The van der Waals surface area contributed by atoms with Gasteiger partial charge in [-0.3, -0.25) is 0 Å². The van der Waals surface area contributed by atoms with Crippen LogP contribution in [0.2, 0.25) is 0 Å². The van der Waals surface area contributed by atoms with Gasteiger partial charge in [0.25, 0.3) is 0 Å². The lowest BCUT2D eigenvalue weighted by atomic mass is 10.0. The van der Waals surface area contributed by atoms with Crippen molar-refractivity contribution in [2.24, 2.45) is 0 Å². The molecule has 15 heavy (non-hydrogen) atoms. The molecule has 2 heteroatoms. The van der Waals surface area contributed by atoms with Gasteiger partial charge in [0, 0.05) is 5.57 Å². The number of hydrogen-bond acceptors (Lipinski definition) is 1. The standard InChI is InChI=1S/C13H20O2/c14-13(15)12-10-8-6-4-2-1-3-5-7-9-11-12/h6,8,10H,1-5,7,9,11H2,(H,14,15)/b8-6+,12-10+. The monoisotopic (exact) mass is 208 g/mol. The van der Waals surface area contributed by atoms with Gasteiger partial charge in [-0.15, -0.1) is 0 Å². The van der Waals surface area contributed by atoms with Gasteiger partial charge in [-0.05, 0) is 25.7 Å². The van der Waals surface area contributed by atoms with Crippen molar-refractivity contribution in [3.63, 3.8) is 0 Å². The van der Waals surface area contributed by atoms with Crippen molar-refractivity contribution >= 4 is 5.97 Å². The van der Waals surface area contributed by atoms with E-state index in [1.807, 2.05) is 6.08 Å². The van der Waals surface area contributed by atoms with Crippen LogP contribution in [0.1, 0.15) is 51.4 Å². The summed E-state index contributed by atoms with van der Waals surface area (Å²) < 4.78 is 0. The molecule has 0 spiro atoms. The molecule has 1 aliphatic rings. The summed E-state index contributed by atoms with van der Waals surface area (Å²) in [7, 11) is 0. The van der Waals surface area contributed by atoms with E-state index in [2.05, 4.69) is 6.08 Å². The minimum atomic E-state index is -0.767. The second-order valence-electron chi connectivity index (χ2n) is 4.09. The average molecular weight is 208 g/mol. The Morgan fingerprint density at radius 1 is 1.07 bits per heavy atom. The van der Waals surface area contributed by atoms with Crippen molar-refractivity contribution in [1.82, 2.24) is 0 Å². The maximum absolute atomic E-state index is 10.9. The van der Waals surface area contributed by atoms with Gasteiger partial charge in [0.1, 0.15) is 0 Å². The predicted octanol–water partition coefficient (Wildman–Crippen LogP) is 3.69. The van der Waals surface area contributed by atoms with E-state index in [1.165, 1.54) is 25.7 Å². The number of hydrogen-bond donors (Lipinski definition) is 1. The third-order valence-electron chi connectivity index (χ3n) is 2.78. The number of carboxylic acid groups (broad SMARTS) is 1. The van der Waals surface area contributed by atoms with E-state index >= 15 is 0 Å². The SMILES string of the molecule is O=C(O)/C1=C/C=C/CCCCCCCC1. The molecule has 0 saturated heterocycles. The van der Waals surface area contributed by atoms with Gasteiger partial charge in [-0.25, -0.2) is 4.79 Å². The maximum Gasteiger partial charge on any atom is 0.331 e. The summed E-state index contributed by atoms with van der Waals surface area (Å²) in [4.78, 5) is 10.9. The van der Waals surface area contributed by atoms with Gasteiger partial charge in [0.2, 0.25) is 0 Å². The Labute approximate surface area is 91.7 Å². The molecule has 1 aliphatic carbocycles. The lowest BCUT2D eigenvalue weighted by Gasteiger charge is -2.03. The summed E-state index contributed by atoms with van der Waals surface area (Å²) in [6.45, 7) is 0. The third kappa shape index (κ3) is 5.40. The van der Waals surface area contributed by atoms with Crippen LogP contribution in [0.25, 0.3) is 0 Å². The fourth-order valence-corrected chi connectivity index (χ4v) is 1.83. The highest BCUT2D eigenvalue weighted by Gasteiger charge is 2.05. The Morgan fingerprint density at radius 3 is 2.47 bits per heavy atom. The van der Waals surface area contributed by atoms with E-state index in [4.69, 9.17) is 5.11 Å². The summed E-state index contributed by atoms with van der Waals surface area (Å²) in [5, 5.41) is 8.94. The molecule has 0 radical (unpaired) electrons. The molecule has 1 N–H and O–H groups in total. The van der Waals surface area contributed by atoms with Crippen molar-refractivity contribution in [1.29, 1.82) is 0 Å². The first-order chi connectivity index (χ1) is 7.30. The van der Waals surface area contributed by atoms with Crippen LogP contribution in [-0.2, 0) is 4.79 Å². The molecular weight excluding hydrogens is 188 g/mol. The molecule has 0 saturated carbocycles. The lowest BCUT2D eigenvalue weighted by molar-refractivity contribution is -0.132. The Bertz CT molecular complexity index is 251. The number of carboxylic acids is 1. The van der Waals surface area contributed by atoms with Gasteiger partial charge in [-0.2, -0.15) is 0 Å². The van der Waals surface area contributed by atoms with Crippen LogP contribution in [0.15, 0.2) is 23.8 Å². The molecule has 0 heterocycles. The quantitative estimate of drug-likeness (QED) is 0.713. The number of carbonyl (C=O) groups is 1. The van der Waals surface area contributed by atoms with Gasteiger partial charge in [0.05, 0.1) is 0 Å². The van der Waals surface area contributed by atoms with Crippen molar-refractivity contribution in [2.75, 3.05) is 0 Å². The molecule has 0 aromatic heterocycles. The average Bonchev–Trinajstić information content (AvgIpc) is 2.18. The van der Waals surface area contributed by atoms with Gasteiger partial charge in [0.15, 0.2) is 0 Å². The highest BCUT2D eigenvalue weighted by molar-refractivity contribution is 5.86. The van der Waals surface area contributed by atoms with E-state index < -0.39 is 5.97 Å². The highest BCUT2D eigenvalue weighted by Crippen LogP contribution is 2.14. The molecule has 0 aromatic rings. The second kappa shape index (κ2) is 7.27. The Hall–Kier alpha value is -1.05. The normalized spacial score (nSPS) is 25.5. The number of aliphatic carboxylic acids is 1. The lowest BCUT2D eigenvalue weighted by Crippen LogP contribution is -2.00. The molecule has 0 amide bonds. The molecule has 0 bridgehead atoms. The van der Waals surface area contributed by atoms with Gasteiger partial charge in [-0.1, -0.05) is 43.9 Å².